The highest BCUT2D eigenvalue weighted by Crippen LogP contribution is 2.19. The van der Waals surface area contributed by atoms with E-state index in [2.05, 4.69) is 12.3 Å². The summed E-state index contributed by atoms with van der Waals surface area (Å²) >= 11 is 0. The molecule has 1 rings (SSSR count). The third-order valence-corrected chi connectivity index (χ3v) is 3.71. The van der Waals surface area contributed by atoms with E-state index in [0.717, 1.165) is 13.0 Å². The maximum Gasteiger partial charge on any atom is 0.0590 e. The van der Waals surface area contributed by atoms with E-state index in [-0.39, 0.29) is 0 Å². The zero-order valence-corrected chi connectivity index (χ0v) is 11.4. The lowest BCUT2D eigenvalue weighted by Crippen LogP contribution is -2.39. The van der Waals surface area contributed by atoms with Crippen LogP contribution in [-0.4, -0.2) is 18.8 Å². The molecule has 3 N–H and O–H groups in total. The monoisotopic (exact) mass is 242 g/mol. The average Bonchev–Trinajstić information content (AvgIpc) is 2.38. The number of rotatable bonds is 9. The molecule has 0 radical (unpaired) electrons. The van der Waals surface area contributed by atoms with Gasteiger partial charge in [0.15, 0.2) is 0 Å². The predicted molar refractivity (Wildman–Crippen MR) is 72.7 cm³/mol. The minimum atomic E-state index is 0.444. The van der Waals surface area contributed by atoms with Crippen molar-refractivity contribution in [1.29, 1.82) is 0 Å². The summed E-state index contributed by atoms with van der Waals surface area (Å²) in [5.41, 5.74) is 2.96. The van der Waals surface area contributed by atoms with Gasteiger partial charge in [0.25, 0.3) is 0 Å². The third-order valence-electron chi connectivity index (χ3n) is 3.71. The van der Waals surface area contributed by atoms with Crippen LogP contribution in [0.1, 0.15) is 71.1 Å². The van der Waals surface area contributed by atoms with Crippen LogP contribution >= 0.6 is 0 Å². The second-order valence-electron chi connectivity index (χ2n) is 5.29. The molecular formula is C14H30N2O. The zero-order valence-electron chi connectivity index (χ0n) is 11.4. The number of hydrazine groups is 1. The van der Waals surface area contributed by atoms with Crippen molar-refractivity contribution in [2.24, 2.45) is 5.84 Å². The Morgan fingerprint density at radius 1 is 1.24 bits per heavy atom. The normalized spacial score (nSPS) is 22.6. The van der Waals surface area contributed by atoms with Crippen LogP contribution in [0.5, 0.6) is 0 Å². The van der Waals surface area contributed by atoms with Gasteiger partial charge in [-0.1, -0.05) is 39.0 Å². The predicted octanol–water partition coefficient (Wildman–Crippen LogP) is 3.14. The van der Waals surface area contributed by atoms with Crippen molar-refractivity contribution < 1.29 is 4.74 Å². The second-order valence-corrected chi connectivity index (χ2v) is 5.29. The van der Waals surface area contributed by atoms with Crippen LogP contribution in [0.15, 0.2) is 0 Å². The minimum absolute atomic E-state index is 0.444. The summed E-state index contributed by atoms with van der Waals surface area (Å²) in [4.78, 5) is 0. The van der Waals surface area contributed by atoms with E-state index >= 15 is 0 Å². The third kappa shape index (κ3) is 7.02. The van der Waals surface area contributed by atoms with Crippen molar-refractivity contribution >= 4 is 0 Å². The van der Waals surface area contributed by atoms with Gasteiger partial charge in [-0.15, -0.1) is 0 Å². The van der Waals surface area contributed by atoms with Crippen molar-refractivity contribution in [2.75, 3.05) is 6.61 Å². The minimum Gasteiger partial charge on any atom is -0.378 e. The van der Waals surface area contributed by atoms with E-state index < -0.39 is 0 Å². The molecule has 1 saturated heterocycles. The highest BCUT2D eigenvalue weighted by Gasteiger charge is 2.18. The van der Waals surface area contributed by atoms with E-state index in [4.69, 9.17) is 10.6 Å². The SMILES string of the molecule is CCCCCCCC(CC1CCCCO1)NN. The number of hydrogen-bond acceptors (Lipinski definition) is 3. The van der Waals surface area contributed by atoms with Crippen LogP contribution in [0.4, 0.5) is 0 Å². The van der Waals surface area contributed by atoms with E-state index in [1.807, 2.05) is 0 Å². The highest BCUT2D eigenvalue weighted by molar-refractivity contribution is 4.72. The number of nitrogens with two attached hydrogens (primary N) is 1. The van der Waals surface area contributed by atoms with Gasteiger partial charge in [0.05, 0.1) is 6.10 Å². The molecule has 1 aliphatic rings. The number of nitrogens with one attached hydrogen (secondary N) is 1. The summed E-state index contributed by atoms with van der Waals surface area (Å²) in [5, 5.41) is 0. The van der Waals surface area contributed by atoms with Crippen LogP contribution < -0.4 is 11.3 Å². The molecule has 2 atom stereocenters. The molecule has 0 aliphatic carbocycles. The Balaban J connectivity index is 2.05. The summed E-state index contributed by atoms with van der Waals surface area (Å²) in [5.74, 6) is 5.63. The van der Waals surface area contributed by atoms with Gasteiger partial charge >= 0.3 is 0 Å². The van der Waals surface area contributed by atoms with Crippen molar-refractivity contribution in [2.45, 2.75) is 83.3 Å². The van der Waals surface area contributed by atoms with Gasteiger partial charge in [-0.3, -0.25) is 11.3 Å². The maximum absolute atomic E-state index is 5.76. The molecule has 17 heavy (non-hydrogen) atoms. The first kappa shape index (κ1) is 14.9. The van der Waals surface area contributed by atoms with Gasteiger partial charge in [0, 0.05) is 12.6 Å². The lowest BCUT2D eigenvalue weighted by molar-refractivity contribution is 0.00455. The van der Waals surface area contributed by atoms with E-state index in [0.29, 0.717) is 12.1 Å². The fraction of sp³-hybridized carbons (Fsp3) is 1.00. The van der Waals surface area contributed by atoms with Crippen LogP contribution in [0.25, 0.3) is 0 Å². The van der Waals surface area contributed by atoms with Crippen molar-refractivity contribution in [1.82, 2.24) is 5.43 Å². The smallest absolute Gasteiger partial charge is 0.0590 e. The molecular weight excluding hydrogens is 212 g/mol. The van der Waals surface area contributed by atoms with Gasteiger partial charge in [-0.25, -0.2) is 0 Å². The van der Waals surface area contributed by atoms with Crippen molar-refractivity contribution in [3.8, 4) is 0 Å². The summed E-state index contributed by atoms with van der Waals surface area (Å²) in [6.45, 7) is 3.20. The zero-order chi connectivity index (χ0) is 12.3. The van der Waals surface area contributed by atoms with Crippen molar-refractivity contribution in [3.63, 3.8) is 0 Å². The van der Waals surface area contributed by atoms with Gasteiger partial charge < -0.3 is 4.74 Å². The quantitative estimate of drug-likeness (QED) is 0.371. The van der Waals surface area contributed by atoms with Crippen LogP contribution in [-0.2, 0) is 4.74 Å². The van der Waals surface area contributed by atoms with Gasteiger partial charge in [-0.05, 0) is 32.1 Å². The summed E-state index contributed by atoms with van der Waals surface area (Å²) in [6.07, 6.45) is 13.2. The molecule has 3 nitrogen and oxygen atoms in total. The number of hydrogen-bond donors (Lipinski definition) is 2. The fourth-order valence-electron chi connectivity index (χ4n) is 2.57. The van der Waals surface area contributed by atoms with E-state index in [1.165, 1.54) is 57.8 Å². The van der Waals surface area contributed by atoms with Crippen LogP contribution in [0, 0.1) is 0 Å². The fourth-order valence-corrected chi connectivity index (χ4v) is 2.57. The summed E-state index contributed by atoms with van der Waals surface area (Å²) < 4.78 is 5.76. The van der Waals surface area contributed by atoms with E-state index in [9.17, 15) is 0 Å². The molecule has 2 unspecified atom stereocenters. The van der Waals surface area contributed by atoms with Gasteiger partial charge in [0.1, 0.15) is 0 Å². The Kier molecular flexibility index (Phi) is 8.67. The van der Waals surface area contributed by atoms with Gasteiger partial charge in [0.2, 0.25) is 0 Å². The maximum atomic E-state index is 5.76. The van der Waals surface area contributed by atoms with Gasteiger partial charge in [-0.2, -0.15) is 0 Å². The number of unbranched alkanes of at least 4 members (excludes halogenated alkanes) is 4. The van der Waals surface area contributed by atoms with E-state index in [1.54, 1.807) is 0 Å². The molecule has 1 heterocycles. The first-order valence-electron chi connectivity index (χ1n) is 7.44. The molecule has 0 aromatic rings. The Labute approximate surface area is 106 Å². The molecule has 1 aliphatic heterocycles. The Bertz CT molecular complexity index is 170. The lowest BCUT2D eigenvalue weighted by Gasteiger charge is -2.26. The topological polar surface area (TPSA) is 47.3 Å². The molecule has 1 fully saturated rings. The Morgan fingerprint density at radius 2 is 2.06 bits per heavy atom. The standard InChI is InChI=1S/C14H30N2O/c1-2-3-4-5-6-9-13(16-15)12-14-10-7-8-11-17-14/h13-14,16H,2-12,15H2,1H3. The van der Waals surface area contributed by atoms with Crippen LogP contribution in [0.3, 0.4) is 0 Å². The van der Waals surface area contributed by atoms with Crippen molar-refractivity contribution in [3.05, 3.63) is 0 Å². The molecule has 0 bridgehead atoms. The molecule has 0 aromatic heterocycles. The first-order valence-corrected chi connectivity index (χ1v) is 7.44. The van der Waals surface area contributed by atoms with Crippen LogP contribution in [0.2, 0.25) is 0 Å². The Morgan fingerprint density at radius 3 is 2.71 bits per heavy atom. The molecule has 0 saturated carbocycles. The Hall–Kier alpha value is -0.120. The number of ether oxygens (including phenoxy) is 1. The molecule has 0 amide bonds. The average molecular weight is 242 g/mol. The molecule has 0 spiro atoms. The summed E-state index contributed by atoms with van der Waals surface area (Å²) in [6, 6.07) is 0.444. The second kappa shape index (κ2) is 9.86. The molecule has 3 heteroatoms. The molecule has 102 valence electrons. The highest BCUT2D eigenvalue weighted by atomic mass is 16.5. The largest absolute Gasteiger partial charge is 0.378 e. The summed E-state index contributed by atoms with van der Waals surface area (Å²) in [7, 11) is 0. The first-order chi connectivity index (χ1) is 8.36. The molecule has 0 aromatic carbocycles. The lowest BCUT2D eigenvalue weighted by atomic mass is 9.98.